The summed E-state index contributed by atoms with van der Waals surface area (Å²) in [6, 6.07) is -0.869. The largest absolute Gasteiger partial charge is 0.480 e. The zero-order valence-electron chi connectivity index (χ0n) is 11.2. The van der Waals surface area contributed by atoms with Crippen LogP contribution in [0.4, 0.5) is 0 Å². The monoisotopic (exact) mass is 265 g/mol. The average Bonchev–Trinajstić information content (AvgIpc) is 2.78. The van der Waals surface area contributed by atoms with Crippen molar-refractivity contribution in [1.82, 2.24) is 15.1 Å². The molecule has 0 fully saturated rings. The minimum Gasteiger partial charge on any atom is -0.480 e. The van der Waals surface area contributed by atoms with E-state index < -0.39 is 12.0 Å². The van der Waals surface area contributed by atoms with Crippen LogP contribution in [0.3, 0.4) is 0 Å². The predicted molar refractivity (Wildman–Crippen MR) is 68.9 cm³/mol. The molecule has 0 spiro atoms. The standard InChI is InChI=1S/C13H19N3O3/c1-8(2)11(13(18)19)15-12(17)9-7-14-16-6-4-3-5-10(9)16/h7-8,11H,3-6H2,1-2H3,(H,15,17)(H,18,19)/t11-/m1/s1. The highest BCUT2D eigenvalue weighted by molar-refractivity contribution is 5.97. The summed E-state index contributed by atoms with van der Waals surface area (Å²) in [4.78, 5) is 23.3. The predicted octanol–water partition coefficient (Wildman–Crippen LogP) is 1.06. The van der Waals surface area contributed by atoms with E-state index in [0.29, 0.717) is 5.56 Å². The number of nitrogens with zero attached hydrogens (tertiary/aromatic N) is 2. The second-order valence-corrected chi connectivity index (χ2v) is 5.22. The fourth-order valence-electron chi connectivity index (χ4n) is 2.34. The van der Waals surface area contributed by atoms with E-state index in [1.54, 1.807) is 13.8 Å². The Labute approximate surface area is 111 Å². The summed E-state index contributed by atoms with van der Waals surface area (Å²) < 4.78 is 1.84. The van der Waals surface area contributed by atoms with Crippen molar-refractivity contribution in [2.45, 2.75) is 45.7 Å². The quantitative estimate of drug-likeness (QED) is 0.852. The highest BCUT2D eigenvalue weighted by Gasteiger charge is 2.26. The summed E-state index contributed by atoms with van der Waals surface area (Å²) in [7, 11) is 0. The van der Waals surface area contributed by atoms with Crippen molar-refractivity contribution in [2.75, 3.05) is 0 Å². The summed E-state index contributed by atoms with van der Waals surface area (Å²) in [5.41, 5.74) is 1.42. The van der Waals surface area contributed by atoms with Crippen molar-refractivity contribution in [2.24, 2.45) is 5.92 Å². The smallest absolute Gasteiger partial charge is 0.326 e. The number of aliphatic carboxylic acids is 1. The van der Waals surface area contributed by atoms with Gasteiger partial charge in [0, 0.05) is 6.54 Å². The van der Waals surface area contributed by atoms with Gasteiger partial charge in [-0.2, -0.15) is 5.10 Å². The van der Waals surface area contributed by atoms with Crippen LogP contribution in [-0.2, 0) is 17.8 Å². The molecule has 0 saturated carbocycles. The van der Waals surface area contributed by atoms with Crippen molar-refractivity contribution in [1.29, 1.82) is 0 Å². The Morgan fingerprint density at radius 2 is 2.16 bits per heavy atom. The molecule has 1 aliphatic rings. The number of aryl methyl sites for hydroxylation is 1. The molecule has 0 saturated heterocycles. The molecule has 6 nitrogen and oxygen atoms in total. The van der Waals surface area contributed by atoms with Gasteiger partial charge in [0.15, 0.2) is 0 Å². The van der Waals surface area contributed by atoms with Crippen molar-refractivity contribution in [3.8, 4) is 0 Å². The van der Waals surface area contributed by atoms with Gasteiger partial charge in [0.05, 0.1) is 17.5 Å². The summed E-state index contributed by atoms with van der Waals surface area (Å²) in [6.07, 6.45) is 4.47. The van der Waals surface area contributed by atoms with Gasteiger partial charge >= 0.3 is 5.97 Å². The maximum Gasteiger partial charge on any atom is 0.326 e. The normalized spacial score (nSPS) is 15.9. The molecule has 19 heavy (non-hydrogen) atoms. The van der Waals surface area contributed by atoms with E-state index in [1.165, 1.54) is 6.20 Å². The molecule has 0 bridgehead atoms. The van der Waals surface area contributed by atoms with Gasteiger partial charge in [0.1, 0.15) is 6.04 Å². The Morgan fingerprint density at radius 1 is 1.42 bits per heavy atom. The summed E-state index contributed by atoms with van der Waals surface area (Å²) in [5, 5.41) is 15.9. The molecule has 0 radical (unpaired) electrons. The van der Waals surface area contributed by atoms with Crippen LogP contribution in [0.15, 0.2) is 6.20 Å². The van der Waals surface area contributed by atoms with Crippen LogP contribution in [-0.4, -0.2) is 32.8 Å². The molecule has 104 valence electrons. The highest BCUT2D eigenvalue weighted by atomic mass is 16.4. The van der Waals surface area contributed by atoms with Crippen LogP contribution >= 0.6 is 0 Å². The molecule has 2 heterocycles. The number of carboxylic acid groups (broad SMARTS) is 1. The van der Waals surface area contributed by atoms with Gasteiger partial charge in [-0.1, -0.05) is 13.8 Å². The van der Waals surface area contributed by atoms with Gasteiger partial charge < -0.3 is 10.4 Å². The second kappa shape index (κ2) is 5.42. The molecule has 0 aromatic carbocycles. The molecule has 1 aromatic heterocycles. The van der Waals surface area contributed by atoms with Crippen LogP contribution in [0.1, 0.15) is 42.7 Å². The number of amides is 1. The molecule has 2 rings (SSSR count). The third kappa shape index (κ3) is 2.77. The number of hydrogen-bond acceptors (Lipinski definition) is 3. The maximum atomic E-state index is 12.2. The lowest BCUT2D eigenvalue weighted by Gasteiger charge is -2.19. The maximum absolute atomic E-state index is 12.2. The molecular formula is C13H19N3O3. The van der Waals surface area contributed by atoms with Gasteiger partial charge in [-0.25, -0.2) is 4.79 Å². The van der Waals surface area contributed by atoms with E-state index in [0.717, 1.165) is 31.5 Å². The van der Waals surface area contributed by atoms with E-state index in [4.69, 9.17) is 5.11 Å². The fourth-order valence-corrected chi connectivity index (χ4v) is 2.34. The number of carbonyl (C=O) groups is 2. The van der Waals surface area contributed by atoms with Gasteiger partial charge in [-0.15, -0.1) is 0 Å². The van der Waals surface area contributed by atoms with Gasteiger partial charge in [0.2, 0.25) is 0 Å². The van der Waals surface area contributed by atoms with Crippen molar-refractivity contribution < 1.29 is 14.7 Å². The minimum absolute atomic E-state index is 0.159. The molecule has 1 aliphatic heterocycles. The number of hydrogen-bond donors (Lipinski definition) is 2. The fraction of sp³-hybridized carbons (Fsp3) is 0.615. The Balaban J connectivity index is 2.16. The lowest BCUT2D eigenvalue weighted by Crippen LogP contribution is -2.44. The van der Waals surface area contributed by atoms with Crippen molar-refractivity contribution in [3.05, 3.63) is 17.5 Å². The Hall–Kier alpha value is -1.85. The molecule has 1 aromatic rings. The summed E-state index contributed by atoms with van der Waals surface area (Å²) in [5.74, 6) is -1.51. The number of carbonyl (C=O) groups excluding carboxylic acids is 1. The molecule has 0 aliphatic carbocycles. The van der Waals surface area contributed by atoms with Crippen molar-refractivity contribution >= 4 is 11.9 Å². The van der Waals surface area contributed by atoms with E-state index >= 15 is 0 Å². The molecule has 1 amide bonds. The number of aromatic nitrogens is 2. The first-order valence-electron chi connectivity index (χ1n) is 6.59. The van der Waals surface area contributed by atoms with Gasteiger partial charge in [-0.05, 0) is 25.2 Å². The van der Waals surface area contributed by atoms with E-state index in [2.05, 4.69) is 10.4 Å². The third-order valence-electron chi connectivity index (χ3n) is 3.45. The lowest BCUT2D eigenvalue weighted by atomic mass is 10.0. The van der Waals surface area contributed by atoms with E-state index in [-0.39, 0.29) is 11.8 Å². The van der Waals surface area contributed by atoms with Crippen LogP contribution in [0.5, 0.6) is 0 Å². The van der Waals surface area contributed by atoms with Crippen LogP contribution in [0.2, 0.25) is 0 Å². The first-order chi connectivity index (χ1) is 9.00. The topological polar surface area (TPSA) is 84.2 Å². The molecular weight excluding hydrogens is 246 g/mol. The number of fused-ring (bicyclic) bond motifs is 1. The molecule has 2 N–H and O–H groups in total. The molecule has 0 unspecified atom stereocenters. The Kier molecular flexibility index (Phi) is 3.87. The number of rotatable bonds is 4. The third-order valence-corrected chi connectivity index (χ3v) is 3.45. The van der Waals surface area contributed by atoms with E-state index in [9.17, 15) is 9.59 Å². The minimum atomic E-state index is -1.01. The SMILES string of the molecule is CC(C)[C@@H](NC(=O)c1cnn2c1CCCC2)C(=O)O. The zero-order chi connectivity index (χ0) is 14.0. The molecule has 1 atom stereocenters. The Morgan fingerprint density at radius 3 is 2.79 bits per heavy atom. The van der Waals surface area contributed by atoms with Gasteiger partial charge in [-0.3, -0.25) is 9.48 Å². The van der Waals surface area contributed by atoms with E-state index in [1.807, 2.05) is 4.68 Å². The average molecular weight is 265 g/mol. The van der Waals surface area contributed by atoms with Crippen LogP contribution < -0.4 is 5.32 Å². The molecule has 6 heteroatoms. The first-order valence-corrected chi connectivity index (χ1v) is 6.59. The highest BCUT2D eigenvalue weighted by Crippen LogP contribution is 2.18. The summed E-state index contributed by atoms with van der Waals surface area (Å²) in [6.45, 7) is 4.37. The first kappa shape index (κ1) is 13.6. The van der Waals surface area contributed by atoms with Crippen molar-refractivity contribution in [3.63, 3.8) is 0 Å². The van der Waals surface area contributed by atoms with Crippen LogP contribution in [0, 0.1) is 5.92 Å². The number of nitrogens with one attached hydrogen (secondary N) is 1. The zero-order valence-corrected chi connectivity index (χ0v) is 11.2. The van der Waals surface area contributed by atoms with Crippen LogP contribution in [0.25, 0.3) is 0 Å². The lowest BCUT2D eigenvalue weighted by molar-refractivity contribution is -0.140. The number of carboxylic acids is 1. The van der Waals surface area contributed by atoms with Gasteiger partial charge in [0.25, 0.3) is 5.91 Å². The summed E-state index contributed by atoms with van der Waals surface area (Å²) >= 11 is 0. The Bertz CT molecular complexity index is 493. The second-order valence-electron chi connectivity index (χ2n) is 5.22.